The summed E-state index contributed by atoms with van der Waals surface area (Å²) in [6, 6.07) is 15.8. The number of allylic oxidation sites excluding steroid dienone is 2. The fourth-order valence-electron chi connectivity index (χ4n) is 3.52. The van der Waals surface area contributed by atoms with Crippen molar-refractivity contribution in [3.63, 3.8) is 0 Å². The zero-order chi connectivity index (χ0) is 17.6. The molecule has 0 aliphatic carbocycles. The van der Waals surface area contributed by atoms with Crippen molar-refractivity contribution in [2.45, 2.75) is 19.3 Å². The highest BCUT2D eigenvalue weighted by atomic mass is 16.5. The monoisotopic (exact) mass is 330 g/mol. The molecular weight excluding hydrogens is 312 g/mol. The molecule has 0 bridgehead atoms. The number of hydrogen-bond acceptors (Lipinski definition) is 3. The van der Waals surface area contributed by atoms with E-state index < -0.39 is 5.41 Å². The summed E-state index contributed by atoms with van der Waals surface area (Å²) in [4.78, 5) is 17.4. The zero-order valence-corrected chi connectivity index (χ0v) is 14.1. The van der Waals surface area contributed by atoms with E-state index >= 15 is 0 Å². The van der Waals surface area contributed by atoms with Crippen LogP contribution in [0, 0.1) is 13.8 Å². The lowest BCUT2D eigenvalue weighted by atomic mass is 9.69. The van der Waals surface area contributed by atoms with Gasteiger partial charge in [0.05, 0.1) is 0 Å². The zero-order valence-electron chi connectivity index (χ0n) is 14.1. The molecule has 0 saturated carbocycles. The average Bonchev–Trinajstić information content (AvgIpc) is 2.91. The number of amides is 1. The molecule has 4 rings (SSSR count). The Hall–Kier alpha value is -2.98. The number of nitrogens with zero attached hydrogens (tertiary/aromatic N) is 2. The van der Waals surface area contributed by atoms with E-state index in [-0.39, 0.29) is 11.7 Å². The van der Waals surface area contributed by atoms with Gasteiger partial charge in [0.1, 0.15) is 5.41 Å². The van der Waals surface area contributed by atoms with Crippen LogP contribution in [0.5, 0.6) is 0 Å². The summed E-state index contributed by atoms with van der Waals surface area (Å²) in [6.07, 6.45) is 5.07. The smallest absolute Gasteiger partial charge is 0.267 e. The van der Waals surface area contributed by atoms with Crippen molar-refractivity contribution >= 4 is 11.7 Å². The first-order valence-electron chi connectivity index (χ1n) is 8.18. The van der Waals surface area contributed by atoms with Crippen LogP contribution in [-0.2, 0) is 10.2 Å². The number of aryl methyl sites for hydroxylation is 2. The molecule has 1 amide bonds. The van der Waals surface area contributed by atoms with Crippen molar-refractivity contribution in [3.8, 4) is 0 Å². The van der Waals surface area contributed by atoms with Gasteiger partial charge in [-0.2, -0.15) is 4.99 Å². The van der Waals surface area contributed by atoms with Crippen LogP contribution in [0.1, 0.15) is 22.3 Å². The number of aliphatic imine (C=N–C) groups is 1. The molecule has 2 aliphatic rings. The van der Waals surface area contributed by atoms with E-state index in [1.165, 1.54) is 6.20 Å². The Morgan fingerprint density at radius 2 is 1.44 bits per heavy atom. The van der Waals surface area contributed by atoms with Gasteiger partial charge in [0.25, 0.3) is 5.91 Å². The maximum atomic E-state index is 13.2. The fourth-order valence-corrected chi connectivity index (χ4v) is 3.52. The average molecular weight is 330 g/mol. The second-order valence-corrected chi connectivity index (χ2v) is 6.49. The third kappa shape index (κ3) is 2.18. The minimum Gasteiger partial charge on any atom is -0.283 e. The number of fused-ring (bicyclic) bond motifs is 1. The summed E-state index contributed by atoms with van der Waals surface area (Å²) in [7, 11) is 0. The normalized spacial score (nSPS) is 18.0. The molecule has 0 fully saturated rings. The van der Waals surface area contributed by atoms with E-state index in [9.17, 15) is 10.0 Å². The van der Waals surface area contributed by atoms with Crippen LogP contribution >= 0.6 is 0 Å². The van der Waals surface area contributed by atoms with Crippen molar-refractivity contribution in [2.24, 2.45) is 4.99 Å². The predicted octanol–water partition coefficient (Wildman–Crippen LogP) is 3.67. The molecule has 124 valence electrons. The minimum atomic E-state index is -1.04. The van der Waals surface area contributed by atoms with Crippen LogP contribution in [0.3, 0.4) is 0 Å². The molecule has 0 spiro atoms. The van der Waals surface area contributed by atoms with Crippen LogP contribution in [0.25, 0.3) is 0 Å². The van der Waals surface area contributed by atoms with E-state index in [1.807, 2.05) is 68.5 Å². The number of rotatable bonds is 2. The maximum Gasteiger partial charge on any atom is 0.267 e. The number of carbonyl (C=O) groups excluding carboxylic acids is 1. The lowest BCUT2D eigenvalue weighted by Gasteiger charge is -2.32. The largest absolute Gasteiger partial charge is 0.283 e. The molecular formula is C21H18N2O2. The molecule has 0 unspecified atom stereocenters. The summed E-state index contributed by atoms with van der Waals surface area (Å²) in [5, 5.41) is 11.0. The lowest BCUT2D eigenvalue weighted by molar-refractivity contribution is -0.120. The van der Waals surface area contributed by atoms with Crippen molar-refractivity contribution in [1.29, 1.82) is 0 Å². The third-order valence-corrected chi connectivity index (χ3v) is 4.85. The summed E-state index contributed by atoms with van der Waals surface area (Å²) in [5.74, 6) is -0.00199. The van der Waals surface area contributed by atoms with Gasteiger partial charge in [0.15, 0.2) is 5.84 Å². The third-order valence-electron chi connectivity index (χ3n) is 4.85. The first-order valence-corrected chi connectivity index (χ1v) is 8.18. The highest BCUT2D eigenvalue weighted by Crippen LogP contribution is 2.46. The Morgan fingerprint density at radius 1 is 0.920 bits per heavy atom. The highest BCUT2D eigenvalue weighted by molar-refractivity contribution is 6.21. The predicted molar refractivity (Wildman–Crippen MR) is 96.4 cm³/mol. The van der Waals surface area contributed by atoms with Crippen LogP contribution < -0.4 is 0 Å². The number of hydrogen-bond donors (Lipinski definition) is 1. The van der Waals surface area contributed by atoms with Gasteiger partial charge >= 0.3 is 0 Å². The van der Waals surface area contributed by atoms with Crippen molar-refractivity contribution in [3.05, 3.63) is 94.7 Å². The van der Waals surface area contributed by atoms with Crippen molar-refractivity contribution in [2.75, 3.05) is 0 Å². The van der Waals surface area contributed by atoms with Gasteiger partial charge in [-0.15, -0.1) is 0 Å². The van der Waals surface area contributed by atoms with Gasteiger partial charge in [0.2, 0.25) is 0 Å². The SMILES string of the molecule is Cc1ccc(C2(c3ccc(C)cc3)C(=O)N=C3C2=CC=CN3O)cc1. The molecule has 2 heterocycles. The van der Waals surface area contributed by atoms with Gasteiger partial charge in [0, 0.05) is 11.8 Å². The number of amidine groups is 1. The van der Waals surface area contributed by atoms with Crippen molar-refractivity contribution in [1.82, 2.24) is 5.06 Å². The van der Waals surface area contributed by atoms with Gasteiger partial charge in [-0.3, -0.25) is 10.0 Å². The van der Waals surface area contributed by atoms with E-state index in [2.05, 4.69) is 4.99 Å². The summed E-state index contributed by atoms with van der Waals surface area (Å²) in [5.41, 5.74) is 3.59. The molecule has 0 aromatic heterocycles. The first-order chi connectivity index (χ1) is 12.0. The Bertz CT molecular complexity index is 889. The molecule has 2 aromatic carbocycles. The molecule has 4 nitrogen and oxygen atoms in total. The summed E-state index contributed by atoms with van der Waals surface area (Å²) < 4.78 is 0. The molecule has 25 heavy (non-hydrogen) atoms. The Kier molecular flexibility index (Phi) is 3.44. The quantitative estimate of drug-likeness (QED) is 0.914. The molecule has 0 saturated heterocycles. The summed E-state index contributed by atoms with van der Waals surface area (Å²) in [6.45, 7) is 4.03. The maximum absolute atomic E-state index is 13.2. The van der Waals surface area contributed by atoms with Gasteiger partial charge in [-0.25, -0.2) is 5.06 Å². The van der Waals surface area contributed by atoms with Crippen molar-refractivity contribution < 1.29 is 10.0 Å². The Labute approximate surface area is 146 Å². The molecule has 0 radical (unpaired) electrons. The van der Waals surface area contributed by atoms with Crippen LogP contribution in [0.15, 0.2) is 77.4 Å². The molecule has 0 atom stereocenters. The fraction of sp³-hybridized carbons (Fsp3) is 0.143. The Morgan fingerprint density at radius 3 is 1.96 bits per heavy atom. The molecule has 2 aromatic rings. The highest BCUT2D eigenvalue weighted by Gasteiger charge is 2.52. The number of benzene rings is 2. The van der Waals surface area contributed by atoms with E-state index in [0.717, 1.165) is 27.3 Å². The molecule has 1 N–H and O–H groups in total. The van der Waals surface area contributed by atoms with E-state index in [0.29, 0.717) is 5.57 Å². The Balaban J connectivity index is 2.02. The minimum absolute atomic E-state index is 0.286. The first kappa shape index (κ1) is 15.5. The molecule has 4 heteroatoms. The second kappa shape index (κ2) is 5.53. The standard InChI is InChI=1S/C21H18N2O2/c1-14-5-9-16(10-6-14)21(17-11-7-15(2)8-12-17)18-4-3-13-23(25)19(18)22-20(21)24/h3-13,25H,1-2H3. The van der Waals surface area contributed by atoms with Crippen LogP contribution in [0.2, 0.25) is 0 Å². The molecule has 2 aliphatic heterocycles. The number of hydroxylamine groups is 2. The van der Waals surface area contributed by atoms with Crippen LogP contribution in [-0.4, -0.2) is 22.0 Å². The van der Waals surface area contributed by atoms with Gasteiger partial charge in [-0.05, 0) is 31.1 Å². The van der Waals surface area contributed by atoms with Crippen LogP contribution in [0.4, 0.5) is 0 Å². The topological polar surface area (TPSA) is 52.9 Å². The summed E-state index contributed by atoms with van der Waals surface area (Å²) >= 11 is 0. The van der Waals surface area contributed by atoms with Gasteiger partial charge < -0.3 is 0 Å². The number of carbonyl (C=O) groups is 1. The lowest BCUT2D eigenvalue weighted by Crippen LogP contribution is -2.38. The van der Waals surface area contributed by atoms with Gasteiger partial charge in [-0.1, -0.05) is 65.7 Å². The van der Waals surface area contributed by atoms with E-state index in [1.54, 1.807) is 6.08 Å². The van der Waals surface area contributed by atoms with E-state index in [4.69, 9.17) is 0 Å². The second-order valence-electron chi connectivity index (χ2n) is 6.49.